The summed E-state index contributed by atoms with van der Waals surface area (Å²) in [5.74, 6) is 0.437. The summed E-state index contributed by atoms with van der Waals surface area (Å²) in [5.41, 5.74) is 2.29. The Balaban J connectivity index is 1.46. The predicted molar refractivity (Wildman–Crippen MR) is 87.8 cm³/mol. The van der Waals surface area contributed by atoms with Gasteiger partial charge in [-0.25, -0.2) is 0 Å². The number of carbonyl (C=O) groups is 1. The number of rotatable bonds is 6. The number of nitrogens with one attached hydrogen (secondary N) is 1. The number of hydrogen-bond acceptors (Lipinski definition) is 3. The highest BCUT2D eigenvalue weighted by atomic mass is 16.5. The number of ether oxygens (including phenoxy) is 1. The summed E-state index contributed by atoms with van der Waals surface area (Å²) in [6, 6.07) is 10.2. The lowest BCUT2D eigenvalue weighted by molar-refractivity contribution is -0.121. The average molecular weight is 313 g/mol. The van der Waals surface area contributed by atoms with Crippen LogP contribution in [0.15, 0.2) is 42.7 Å². The SMILES string of the molecule is Cn1cc(CCC(=O)NC[C@@H]2CCO[C@H]2c2ccccc2)cn1. The zero-order chi connectivity index (χ0) is 16.1. The van der Waals surface area contributed by atoms with Gasteiger partial charge in [-0.3, -0.25) is 9.48 Å². The Labute approximate surface area is 136 Å². The largest absolute Gasteiger partial charge is 0.373 e. The minimum absolute atomic E-state index is 0.0903. The third kappa shape index (κ3) is 4.20. The molecule has 1 saturated heterocycles. The van der Waals surface area contributed by atoms with Crippen LogP contribution in [-0.4, -0.2) is 28.8 Å². The fourth-order valence-corrected chi connectivity index (χ4v) is 3.05. The van der Waals surface area contributed by atoms with Crippen molar-refractivity contribution in [3.05, 3.63) is 53.9 Å². The molecule has 1 aliphatic rings. The van der Waals surface area contributed by atoms with Crippen LogP contribution in [0.25, 0.3) is 0 Å². The summed E-state index contributed by atoms with van der Waals surface area (Å²) in [4.78, 5) is 12.0. The molecule has 122 valence electrons. The Bertz CT molecular complexity index is 639. The van der Waals surface area contributed by atoms with Gasteiger partial charge in [0, 0.05) is 38.7 Å². The van der Waals surface area contributed by atoms with Crippen molar-refractivity contribution < 1.29 is 9.53 Å². The van der Waals surface area contributed by atoms with Gasteiger partial charge in [0.2, 0.25) is 5.91 Å². The van der Waals surface area contributed by atoms with Crippen LogP contribution in [0.1, 0.15) is 30.1 Å². The number of aryl methyl sites for hydroxylation is 2. The maximum atomic E-state index is 12.0. The lowest BCUT2D eigenvalue weighted by Gasteiger charge is -2.19. The number of benzene rings is 1. The molecule has 0 bridgehead atoms. The van der Waals surface area contributed by atoms with E-state index >= 15 is 0 Å². The topological polar surface area (TPSA) is 56.2 Å². The van der Waals surface area contributed by atoms with Gasteiger partial charge in [0.05, 0.1) is 12.3 Å². The molecular formula is C18H23N3O2. The molecule has 2 aromatic rings. The van der Waals surface area contributed by atoms with Crippen molar-refractivity contribution in [3.63, 3.8) is 0 Å². The lowest BCUT2D eigenvalue weighted by Crippen LogP contribution is -2.30. The second-order valence-corrected chi connectivity index (χ2v) is 6.08. The van der Waals surface area contributed by atoms with Crippen LogP contribution in [0.4, 0.5) is 0 Å². The first-order valence-electron chi connectivity index (χ1n) is 8.13. The summed E-state index contributed by atoms with van der Waals surface area (Å²) >= 11 is 0. The Morgan fingerprint density at radius 3 is 2.96 bits per heavy atom. The van der Waals surface area contributed by atoms with Gasteiger partial charge in [0.15, 0.2) is 0 Å². The Morgan fingerprint density at radius 1 is 1.39 bits per heavy atom. The second-order valence-electron chi connectivity index (χ2n) is 6.08. The number of aromatic nitrogens is 2. The molecule has 1 aliphatic heterocycles. The molecule has 0 aliphatic carbocycles. The molecule has 2 atom stereocenters. The molecule has 0 unspecified atom stereocenters. The first-order valence-corrected chi connectivity index (χ1v) is 8.13. The molecule has 0 radical (unpaired) electrons. The minimum atomic E-state index is 0.0903. The van der Waals surface area contributed by atoms with Crippen molar-refractivity contribution >= 4 is 5.91 Å². The van der Waals surface area contributed by atoms with Crippen LogP contribution in [0, 0.1) is 5.92 Å². The Hall–Kier alpha value is -2.14. The zero-order valence-electron chi connectivity index (χ0n) is 13.4. The molecule has 0 saturated carbocycles. The summed E-state index contributed by atoms with van der Waals surface area (Å²) in [6.07, 6.45) is 6.06. The van der Waals surface area contributed by atoms with Gasteiger partial charge in [0.25, 0.3) is 0 Å². The van der Waals surface area contributed by atoms with E-state index in [1.807, 2.05) is 37.6 Å². The Morgan fingerprint density at radius 2 is 2.22 bits per heavy atom. The van der Waals surface area contributed by atoms with Gasteiger partial charge in [-0.1, -0.05) is 30.3 Å². The monoisotopic (exact) mass is 313 g/mol. The number of nitrogens with zero attached hydrogens (tertiary/aromatic N) is 2. The summed E-state index contributed by atoms with van der Waals surface area (Å²) in [7, 11) is 1.88. The van der Waals surface area contributed by atoms with E-state index in [1.165, 1.54) is 5.56 Å². The molecule has 3 rings (SSSR count). The average Bonchev–Trinajstić information content (AvgIpc) is 3.20. The third-order valence-corrected chi connectivity index (χ3v) is 4.30. The molecule has 1 aromatic carbocycles. The molecule has 1 fully saturated rings. The van der Waals surface area contributed by atoms with Crippen molar-refractivity contribution in [1.82, 2.24) is 15.1 Å². The molecule has 5 nitrogen and oxygen atoms in total. The first-order chi connectivity index (χ1) is 11.2. The number of amides is 1. The predicted octanol–water partition coefficient (Wildman–Crippen LogP) is 2.25. The van der Waals surface area contributed by atoms with Crippen LogP contribution < -0.4 is 5.32 Å². The molecular weight excluding hydrogens is 290 g/mol. The molecule has 1 aromatic heterocycles. The summed E-state index contributed by atoms with van der Waals surface area (Å²) < 4.78 is 7.61. The normalized spacial score (nSPS) is 20.6. The van der Waals surface area contributed by atoms with E-state index in [9.17, 15) is 4.79 Å². The minimum Gasteiger partial charge on any atom is -0.373 e. The van der Waals surface area contributed by atoms with Crippen LogP contribution in [0.5, 0.6) is 0 Å². The van der Waals surface area contributed by atoms with Crippen molar-refractivity contribution in [3.8, 4) is 0 Å². The van der Waals surface area contributed by atoms with E-state index in [1.54, 1.807) is 4.68 Å². The van der Waals surface area contributed by atoms with Crippen molar-refractivity contribution in [2.75, 3.05) is 13.2 Å². The van der Waals surface area contributed by atoms with E-state index in [4.69, 9.17) is 4.74 Å². The van der Waals surface area contributed by atoms with Crippen LogP contribution in [-0.2, 0) is 23.0 Å². The van der Waals surface area contributed by atoms with Gasteiger partial charge in [-0.2, -0.15) is 5.10 Å². The zero-order valence-corrected chi connectivity index (χ0v) is 13.4. The van der Waals surface area contributed by atoms with Gasteiger partial charge < -0.3 is 10.1 Å². The summed E-state index contributed by atoms with van der Waals surface area (Å²) in [6.45, 7) is 1.43. The second kappa shape index (κ2) is 7.42. The highest BCUT2D eigenvalue weighted by Crippen LogP contribution is 2.33. The highest BCUT2D eigenvalue weighted by molar-refractivity contribution is 5.76. The van der Waals surface area contributed by atoms with Crippen LogP contribution in [0.2, 0.25) is 0 Å². The standard InChI is InChI=1S/C18H23N3O2/c1-21-13-14(11-20-21)7-8-17(22)19-12-16-9-10-23-18(16)15-5-3-2-4-6-15/h2-6,11,13,16,18H,7-10,12H2,1H3,(H,19,22)/t16-,18-/m0/s1. The van der Waals surface area contributed by atoms with E-state index < -0.39 is 0 Å². The molecule has 2 heterocycles. The molecule has 0 spiro atoms. The van der Waals surface area contributed by atoms with Gasteiger partial charge in [0.1, 0.15) is 0 Å². The van der Waals surface area contributed by atoms with Crippen molar-refractivity contribution in [1.29, 1.82) is 0 Å². The van der Waals surface area contributed by atoms with Crippen LogP contribution in [0.3, 0.4) is 0 Å². The van der Waals surface area contributed by atoms with Gasteiger partial charge >= 0.3 is 0 Å². The van der Waals surface area contributed by atoms with E-state index in [0.29, 0.717) is 18.9 Å². The van der Waals surface area contributed by atoms with E-state index in [0.717, 1.165) is 25.0 Å². The first kappa shape index (κ1) is 15.7. The maximum Gasteiger partial charge on any atom is 0.220 e. The smallest absolute Gasteiger partial charge is 0.220 e. The third-order valence-electron chi connectivity index (χ3n) is 4.30. The highest BCUT2D eigenvalue weighted by Gasteiger charge is 2.29. The maximum absolute atomic E-state index is 12.0. The quantitative estimate of drug-likeness (QED) is 0.890. The van der Waals surface area contributed by atoms with E-state index in [2.05, 4.69) is 22.5 Å². The van der Waals surface area contributed by atoms with Crippen molar-refractivity contribution in [2.24, 2.45) is 13.0 Å². The Kier molecular flexibility index (Phi) is 5.08. The van der Waals surface area contributed by atoms with Crippen LogP contribution >= 0.6 is 0 Å². The fraction of sp³-hybridized carbons (Fsp3) is 0.444. The molecule has 1 amide bonds. The summed E-state index contributed by atoms with van der Waals surface area (Å²) in [5, 5.41) is 7.17. The van der Waals surface area contributed by atoms with Crippen molar-refractivity contribution in [2.45, 2.75) is 25.4 Å². The number of hydrogen-bond donors (Lipinski definition) is 1. The van der Waals surface area contributed by atoms with E-state index in [-0.39, 0.29) is 12.0 Å². The van der Waals surface area contributed by atoms with Gasteiger partial charge in [-0.05, 0) is 24.0 Å². The van der Waals surface area contributed by atoms with Gasteiger partial charge in [-0.15, -0.1) is 0 Å². The molecule has 1 N–H and O–H groups in total. The lowest BCUT2D eigenvalue weighted by atomic mass is 9.95. The number of carbonyl (C=O) groups excluding carboxylic acids is 1. The fourth-order valence-electron chi connectivity index (χ4n) is 3.05. The molecule has 23 heavy (non-hydrogen) atoms. The molecule has 5 heteroatoms.